The normalized spacial score (nSPS) is 12.1. The first kappa shape index (κ1) is 18.9. The van der Waals surface area contributed by atoms with Gasteiger partial charge < -0.3 is 4.90 Å². The first-order valence-electron chi connectivity index (χ1n) is 8.77. The molecule has 132 valence electrons. The molecule has 0 bridgehead atoms. The van der Waals surface area contributed by atoms with E-state index in [0.29, 0.717) is 11.4 Å². The fourth-order valence-corrected chi connectivity index (χ4v) is 3.91. The van der Waals surface area contributed by atoms with Gasteiger partial charge in [0.15, 0.2) is 0 Å². The van der Waals surface area contributed by atoms with E-state index in [2.05, 4.69) is 23.5 Å². The Kier molecular flexibility index (Phi) is 7.21. The van der Waals surface area contributed by atoms with Crippen LogP contribution in [0.1, 0.15) is 33.1 Å². The quantitative estimate of drug-likeness (QED) is 0.667. The number of nitrogens with one attached hydrogen (secondary N) is 1. The smallest absolute Gasteiger partial charge is 0.240 e. The maximum absolute atomic E-state index is 12.4. The van der Waals surface area contributed by atoms with Crippen LogP contribution in [-0.4, -0.2) is 39.5 Å². The van der Waals surface area contributed by atoms with Crippen molar-refractivity contribution in [2.24, 2.45) is 0 Å². The molecular formula is C19H28N2O2S. The fraction of sp³-hybridized carbons (Fsp3) is 0.474. The van der Waals surface area contributed by atoms with Crippen LogP contribution < -0.4 is 4.72 Å². The van der Waals surface area contributed by atoms with Crippen molar-refractivity contribution in [2.45, 2.75) is 38.0 Å². The summed E-state index contributed by atoms with van der Waals surface area (Å²) in [5.41, 5.74) is 0. The molecule has 5 heteroatoms. The van der Waals surface area contributed by atoms with Crippen molar-refractivity contribution in [3.05, 3.63) is 42.5 Å². The molecule has 4 nitrogen and oxygen atoms in total. The molecule has 0 atom stereocenters. The maximum atomic E-state index is 12.4. The van der Waals surface area contributed by atoms with Gasteiger partial charge in [0, 0.05) is 6.54 Å². The molecule has 2 aromatic carbocycles. The van der Waals surface area contributed by atoms with E-state index < -0.39 is 10.0 Å². The van der Waals surface area contributed by atoms with E-state index in [4.69, 9.17) is 0 Å². The number of unbranched alkanes of at least 4 members (excludes halogenated alkanes) is 2. The topological polar surface area (TPSA) is 49.4 Å². The molecule has 0 unspecified atom stereocenters. The Morgan fingerprint density at radius 2 is 1.62 bits per heavy atom. The molecule has 0 fully saturated rings. The van der Waals surface area contributed by atoms with Crippen LogP contribution in [0.5, 0.6) is 0 Å². The lowest BCUT2D eigenvalue weighted by Gasteiger charge is -2.17. The summed E-state index contributed by atoms with van der Waals surface area (Å²) in [4.78, 5) is 2.73. The van der Waals surface area contributed by atoms with E-state index >= 15 is 0 Å². The van der Waals surface area contributed by atoms with Crippen molar-refractivity contribution in [3.8, 4) is 0 Å². The highest BCUT2D eigenvalue weighted by Gasteiger charge is 2.13. The third-order valence-electron chi connectivity index (χ3n) is 4.37. The zero-order valence-electron chi connectivity index (χ0n) is 14.7. The van der Waals surface area contributed by atoms with Crippen molar-refractivity contribution >= 4 is 20.8 Å². The second kappa shape index (κ2) is 9.16. The summed E-state index contributed by atoms with van der Waals surface area (Å²) in [6.07, 6.45) is 3.02. The molecule has 0 radical (unpaired) electrons. The van der Waals surface area contributed by atoms with Crippen molar-refractivity contribution in [2.75, 3.05) is 26.2 Å². The van der Waals surface area contributed by atoms with Crippen LogP contribution in [0.2, 0.25) is 0 Å². The van der Waals surface area contributed by atoms with Gasteiger partial charge in [0.25, 0.3) is 0 Å². The molecule has 0 spiro atoms. The summed E-state index contributed by atoms with van der Waals surface area (Å²) in [5.74, 6) is 0. The van der Waals surface area contributed by atoms with Gasteiger partial charge in [-0.1, -0.05) is 50.6 Å². The van der Waals surface area contributed by atoms with Crippen molar-refractivity contribution in [1.82, 2.24) is 9.62 Å². The van der Waals surface area contributed by atoms with Gasteiger partial charge in [-0.15, -0.1) is 0 Å². The van der Waals surface area contributed by atoms with Crippen molar-refractivity contribution < 1.29 is 8.42 Å². The average Bonchev–Trinajstić information content (AvgIpc) is 2.60. The highest BCUT2D eigenvalue weighted by molar-refractivity contribution is 7.89. The molecule has 0 heterocycles. The van der Waals surface area contributed by atoms with Gasteiger partial charge in [0.2, 0.25) is 10.0 Å². The van der Waals surface area contributed by atoms with Gasteiger partial charge in [-0.3, -0.25) is 0 Å². The van der Waals surface area contributed by atoms with Crippen LogP contribution in [0.4, 0.5) is 0 Å². The van der Waals surface area contributed by atoms with Gasteiger partial charge in [-0.25, -0.2) is 13.1 Å². The number of fused-ring (bicyclic) bond motifs is 1. The molecule has 2 rings (SSSR count). The monoisotopic (exact) mass is 348 g/mol. The van der Waals surface area contributed by atoms with Crippen LogP contribution in [0.3, 0.4) is 0 Å². The summed E-state index contributed by atoms with van der Waals surface area (Å²) < 4.78 is 27.5. The standard InChI is InChI=1S/C19H28N2O2S/c1-3-21(4-2)15-9-5-8-14-20-24(22,23)19-13-12-17-10-6-7-11-18(17)16-19/h6-7,10-13,16,20H,3-5,8-9,14-15H2,1-2H3. The lowest BCUT2D eigenvalue weighted by molar-refractivity contribution is 0.296. The molecule has 2 aromatic rings. The molecule has 0 aliphatic carbocycles. The van der Waals surface area contributed by atoms with Crippen LogP contribution >= 0.6 is 0 Å². The summed E-state index contributed by atoms with van der Waals surface area (Å²) in [6, 6.07) is 13.0. The molecule has 0 aliphatic heterocycles. The predicted octanol–water partition coefficient (Wildman–Crippen LogP) is 3.63. The maximum Gasteiger partial charge on any atom is 0.240 e. The molecule has 0 aliphatic rings. The average molecular weight is 349 g/mol. The van der Waals surface area contributed by atoms with E-state index in [-0.39, 0.29) is 0 Å². The zero-order chi connectivity index (χ0) is 17.4. The predicted molar refractivity (Wildman–Crippen MR) is 101 cm³/mol. The Morgan fingerprint density at radius 3 is 2.33 bits per heavy atom. The second-order valence-electron chi connectivity index (χ2n) is 5.99. The molecule has 24 heavy (non-hydrogen) atoms. The van der Waals surface area contributed by atoms with Crippen molar-refractivity contribution in [3.63, 3.8) is 0 Å². The number of sulfonamides is 1. The van der Waals surface area contributed by atoms with Gasteiger partial charge in [0.1, 0.15) is 0 Å². The number of nitrogens with zero attached hydrogens (tertiary/aromatic N) is 1. The van der Waals surface area contributed by atoms with E-state index in [1.54, 1.807) is 12.1 Å². The summed E-state index contributed by atoms with van der Waals surface area (Å²) in [7, 11) is -3.42. The van der Waals surface area contributed by atoms with E-state index in [0.717, 1.165) is 49.7 Å². The van der Waals surface area contributed by atoms with E-state index in [1.165, 1.54) is 0 Å². The third-order valence-corrected chi connectivity index (χ3v) is 5.83. The van der Waals surface area contributed by atoms with Gasteiger partial charge in [0.05, 0.1) is 4.90 Å². The Morgan fingerprint density at radius 1 is 0.917 bits per heavy atom. The largest absolute Gasteiger partial charge is 0.304 e. The van der Waals surface area contributed by atoms with Gasteiger partial charge in [-0.05, 0) is 55.4 Å². The summed E-state index contributed by atoms with van der Waals surface area (Å²) in [5, 5.41) is 1.99. The molecular weight excluding hydrogens is 320 g/mol. The Balaban J connectivity index is 1.82. The molecule has 0 aromatic heterocycles. The Bertz CT molecular complexity index is 740. The van der Waals surface area contributed by atoms with Crippen molar-refractivity contribution in [1.29, 1.82) is 0 Å². The number of rotatable bonds is 10. The first-order chi connectivity index (χ1) is 11.6. The lowest BCUT2D eigenvalue weighted by Crippen LogP contribution is -2.26. The minimum absolute atomic E-state index is 0.337. The number of hydrogen-bond acceptors (Lipinski definition) is 3. The van der Waals surface area contributed by atoms with Crippen LogP contribution in [0.15, 0.2) is 47.4 Å². The third kappa shape index (κ3) is 5.30. The molecule has 0 amide bonds. The summed E-state index contributed by atoms with van der Waals surface area (Å²) >= 11 is 0. The van der Waals surface area contributed by atoms with E-state index in [1.807, 2.05) is 30.3 Å². The summed E-state index contributed by atoms with van der Waals surface area (Å²) in [6.45, 7) is 8.07. The Hall–Kier alpha value is -1.43. The minimum Gasteiger partial charge on any atom is -0.304 e. The highest BCUT2D eigenvalue weighted by Crippen LogP contribution is 2.18. The Labute approximate surface area is 145 Å². The molecule has 1 N–H and O–H groups in total. The van der Waals surface area contributed by atoms with Crippen LogP contribution in [-0.2, 0) is 10.0 Å². The van der Waals surface area contributed by atoms with Gasteiger partial charge in [-0.2, -0.15) is 0 Å². The fourth-order valence-electron chi connectivity index (χ4n) is 2.80. The minimum atomic E-state index is -3.42. The number of hydrogen-bond donors (Lipinski definition) is 1. The van der Waals surface area contributed by atoms with E-state index in [9.17, 15) is 8.42 Å². The SMILES string of the molecule is CCN(CC)CCCCCNS(=O)(=O)c1ccc2ccccc2c1. The lowest BCUT2D eigenvalue weighted by atomic mass is 10.1. The van der Waals surface area contributed by atoms with Crippen LogP contribution in [0.25, 0.3) is 10.8 Å². The molecule has 0 saturated carbocycles. The first-order valence-corrected chi connectivity index (χ1v) is 10.3. The number of benzene rings is 2. The molecule has 0 saturated heterocycles. The second-order valence-corrected chi connectivity index (χ2v) is 7.76. The van der Waals surface area contributed by atoms with Gasteiger partial charge >= 0.3 is 0 Å². The van der Waals surface area contributed by atoms with Crippen LogP contribution in [0, 0.1) is 0 Å². The highest BCUT2D eigenvalue weighted by atomic mass is 32.2. The zero-order valence-corrected chi connectivity index (χ0v) is 15.5.